The summed E-state index contributed by atoms with van der Waals surface area (Å²) in [5.41, 5.74) is 2.17. The quantitative estimate of drug-likeness (QED) is 0.752. The van der Waals surface area contributed by atoms with Crippen molar-refractivity contribution < 1.29 is 9.53 Å². The van der Waals surface area contributed by atoms with Gasteiger partial charge in [0.25, 0.3) is 0 Å². The Kier molecular flexibility index (Phi) is 3.31. The van der Waals surface area contributed by atoms with Crippen LogP contribution in [0.3, 0.4) is 0 Å². The Morgan fingerprint density at radius 2 is 2.06 bits per heavy atom. The molecule has 1 saturated carbocycles. The van der Waals surface area contributed by atoms with E-state index in [-0.39, 0.29) is 18.0 Å². The van der Waals surface area contributed by atoms with Crippen molar-refractivity contribution in [2.75, 3.05) is 0 Å². The van der Waals surface area contributed by atoms with E-state index in [2.05, 4.69) is 11.1 Å². The van der Waals surface area contributed by atoms with Crippen molar-refractivity contribution in [2.45, 2.75) is 57.0 Å². The summed E-state index contributed by atoms with van der Waals surface area (Å²) in [6, 6.07) is 4.03. The molecule has 3 heteroatoms. The van der Waals surface area contributed by atoms with E-state index in [0.29, 0.717) is 0 Å². The molecule has 0 saturated heterocycles. The molecular weight excluding hydrogens is 226 g/mol. The molecule has 0 amide bonds. The third-order valence-corrected chi connectivity index (χ3v) is 4.06. The van der Waals surface area contributed by atoms with Crippen LogP contribution >= 0.6 is 0 Å². The summed E-state index contributed by atoms with van der Waals surface area (Å²) in [5.74, 6) is -0.183. The lowest BCUT2D eigenvalue weighted by molar-refractivity contribution is -0.151. The minimum atomic E-state index is -0.129. The molecule has 0 aromatic carbocycles. The molecule has 18 heavy (non-hydrogen) atoms. The Bertz CT molecular complexity index is 438. The molecule has 0 aliphatic heterocycles. The number of nitrogens with zero attached hydrogens (tertiary/aromatic N) is 1. The van der Waals surface area contributed by atoms with Crippen molar-refractivity contribution in [3.8, 4) is 0 Å². The fourth-order valence-corrected chi connectivity index (χ4v) is 3.09. The minimum absolute atomic E-state index is 0.0541. The Morgan fingerprint density at radius 3 is 2.89 bits per heavy atom. The molecular formula is C15H19NO2. The lowest BCUT2D eigenvalue weighted by Crippen LogP contribution is -2.25. The van der Waals surface area contributed by atoms with Gasteiger partial charge in [-0.05, 0) is 56.6 Å². The molecule has 0 N–H and O–H groups in total. The number of pyridine rings is 1. The van der Waals surface area contributed by atoms with Crippen molar-refractivity contribution in [3.63, 3.8) is 0 Å². The number of hydrogen-bond acceptors (Lipinski definition) is 3. The van der Waals surface area contributed by atoms with E-state index in [9.17, 15) is 4.79 Å². The first-order chi connectivity index (χ1) is 8.84. The van der Waals surface area contributed by atoms with Gasteiger partial charge < -0.3 is 4.74 Å². The first kappa shape index (κ1) is 11.7. The number of carbonyl (C=O) groups excluding carboxylic acids is 1. The van der Waals surface area contributed by atoms with Crippen LogP contribution in [0.25, 0.3) is 0 Å². The van der Waals surface area contributed by atoms with Gasteiger partial charge in [-0.15, -0.1) is 0 Å². The zero-order chi connectivity index (χ0) is 12.4. The Morgan fingerprint density at radius 1 is 1.22 bits per heavy atom. The molecule has 0 radical (unpaired) electrons. The topological polar surface area (TPSA) is 39.2 Å². The van der Waals surface area contributed by atoms with Crippen LogP contribution < -0.4 is 0 Å². The van der Waals surface area contributed by atoms with E-state index in [1.54, 1.807) is 6.20 Å². The monoisotopic (exact) mass is 245 g/mol. The number of carbonyl (C=O) groups is 1. The van der Waals surface area contributed by atoms with Crippen LogP contribution in [-0.2, 0) is 16.0 Å². The second kappa shape index (κ2) is 5.09. The number of esters is 1. The Hall–Kier alpha value is -1.38. The van der Waals surface area contributed by atoms with Gasteiger partial charge in [0.2, 0.25) is 0 Å². The van der Waals surface area contributed by atoms with Crippen LogP contribution in [-0.4, -0.2) is 17.1 Å². The summed E-state index contributed by atoms with van der Waals surface area (Å²) in [5, 5.41) is 0. The Labute approximate surface area is 108 Å². The van der Waals surface area contributed by atoms with Crippen molar-refractivity contribution in [1.82, 2.24) is 4.98 Å². The van der Waals surface area contributed by atoms with Gasteiger partial charge in [-0.1, -0.05) is 6.07 Å². The first-order valence-electron chi connectivity index (χ1n) is 6.99. The summed E-state index contributed by atoms with van der Waals surface area (Å²) < 4.78 is 5.63. The highest BCUT2D eigenvalue weighted by Crippen LogP contribution is 2.32. The van der Waals surface area contributed by atoms with E-state index in [4.69, 9.17) is 4.74 Å². The second-order valence-electron chi connectivity index (χ2n) is 5.34. The van der Waals surface area contributed by atoms with E-state index in [0.717, 1.165) is 37.8 Å². The standard InChI is InChI=1S/C15H19NO2/c17-15(18-12-7-1-2-8-12)13-9-3-5-11-6-4-10-16-14(11)13/h4,6,10,12-13H,1-3,5,7-9H2/t13-/m1/s1. The molecule has 0 bridgehead atoms. The number of aromatic nitrogens is 1. The van der Waals surface area contributed by atoms with Crippen LogP contribution in [0.15, 0.2) is 18.3 Å². The zero-order valence-corrected chi connectivity index (χ0v) is 10.6. The van der Waals surface area contributed by atoms with Crippen LogP contribution in [0.2, 0.25) is 0 Å². The maximum absolute atomic E-state index is 12.3. The van der Waals surface area contributed by atoms with E-state index in [1.165, 1.54) is 18.4 Å². The van der Waals surface area contributed by atoms with Crippen molar-refractivity contribution in [3.05, 3.63) is 29.6 Å². The molecule has 2 aliphatic rings. The second-order valence-corrected chi connectivity index (χ2v) is 5.34. The van der Waals surface area contributed by atoms with Gasteiger partial charge in [0.15, 0.2) is 0 Å². The molecule has 2 aliphatic carbocycles. The highest BCUT2D eigenvalue weighted by Gasteiger charge is 2.31. The van der Waals surface area contributed by atoms with Crippen LogP contribution in [0.4, 0.5) is 0 Å². The van der Waals surface area contributed by atoms with Gasteiger partial charge >= 0.3 is 5.97 Å². The van der Waals surface area contributed by atoms with E-state index in [1.807, 2.05) is 6.07 Å². The third-order valence-electron chi connectivity index (χ3n) is 4.06. The molecule has 0 spiro atoms. The van der Waals surface area contributed by atoms with Crippen LogP contribution in [0, 0.1) is 0 Å². The molecule has 1 aromatic rings. The zero-order valence-electron chi connectivity index (χ0n) is 10.6. The smallest absolute Gasteiger partial charge is 0.315 e. The molecule has 1 fully saturated rings. The molecule has 1 aromatic heterocycles. The normalized spacial score (nSPS) is 23.7. The fraction of sp³-hybridized carbons (Fsp3) is 0.600. The van der Waals surface area contributed by atoms with Crippen LogP contribution in [0.5, 0.6) is 0 Å². The number of fused-ring (bicyclic) bond motifs is 1. The van der Waals surface area contributed by atoms with Gasteiger partial charge in [0.05, 0.1) is 11.6 Å². The number of hydrogen-bond donors (Lipinski definition) is 0. The maximum atomic E-state index is 12.3. The summed E-state index contributed by atoms with van der Waals surface area (Å²) in [7, 11) is 0. The van der Waals surface area contributed by atoms with E-state index >= 15 is 0 Å². The highest BCUT2D eigenvalue weighted by molar-refractivity contribution is 5.78. The van der Waals surface area contributed by atoms with Gasteiger partial charge in [-0.25, -0.2) is 0 Å². The molecule has 1 atom stereocenters. The van der Waals surface area contributed by atoms with Gasteiger partial charge in [0.1, 0.15) is 6.10 Å². The SMILES string of the molecule is O=C(OC1CCCC1)[C@@H]1CCCc2cccnc21. The molecule has 1 heterocycles. The van der Waals surface area contributed by atoms with Gasteiger partial charge in [-0.3, -0.25) is 9.78 Å². The molecule has 0 unspecified atom stereocenters. The number of aryl methyl sites for hydroxylation is 1. The average Bonchev–Trinajstić information content (AvgIpc) is 2.91. The summed E-state index contributed by atoms with van der Waals surface area (Å²) in [4.78, 5) is 16.7. The first-order valence-corrected chi connectivity index (χ1v) is 6.99. The van der Waals surface area contributed by atoms with Gasteiger partial charge in [-0.2, -0.15) is 0 Å². The minimum Gasteiger partial charge on any atom is -0.462 e. The third kappa shape index (κ3) is 2.26. The highest BCUT2D eigenvalue weighted by atomic mass is 16.5. The predicted molar refractivity (Wildman–Crippen MR) is 68.3 cm³/mol. The van der Waals surface area contributed by atoms with Crippen LogP contribution in [0.1, 0.15) is 55.7 Å². The number of rotatable bonds is 2. The summed E-state index contributed by atoms with van der Waals surface area (Å²) >= 11 is 0. The van der Waals surface area contributed by atoms with Gasteiger partial charge in [0, 0.05) is 6.20 Å². The predicted octanol–water partition coefficient (Wildman–Crippen LogP) is 2.99. The molecule has 96 valence electrons. The molecule has 3 rings (SSSR count). The van der Waals surface area contributed by atoms with E-state index < -0.39 is 0 Å². The van der Waals surface area contributed by atoms with Crippen molar-refractivity contribution in [2.24, 2.45) is 0 Å². The molecule has 3 nitrogen and oxygen atoms in total. The number of ether oxygens (including phenoxy) is 1. The lowest BCUT2D eigenvalue weighted by atomic mass is 9.87. The van der Waals surface area contributed by atoms with Crippen molar-refractivity contribution >= 4 is 5.97 Å². The average molecular weight is 245 g/mol. The Balaban J connectivity index is 1.74. The summed E-state index contributed by atoms with van der Waals surface area (Å²) in [6.07, 6.45) is 9.37. The van der Waals surface area contributed by atoms with Crippen molar-refractivity contribution in [1.29, 1.82) is 0 Å². The maximum Gasteiger partial charge on any atom is 0.315 e. The summed E-state index contributed by atoms with van der Waals surface area (Å²) in [6.45, 7) is 0. The largest absolute Gasteiger partial charge is 0.462 e. The fourth-order valence-electron chi connectivity index (χ4n) is 3.09. The lowest BCUT2D eigenvalue weighted by Gasteiger charge is -2.24.